The van der Waals surface area contributed by atoms with Crippen LogP contribution in [0.4, 0.5) is 10.2 Å². The van der Waals surface area contributed by atoms with Gasteiger partial charge in [-0.25, -0.2) is 14.4 Å². The topological polar surface area (TPSA) is 29.0 Å². The molecule has 2 aromatic carbocycles. The largest absolute Gasteiger partial charge is 0.345 e. The van der Waals surface area contributed by atoms with Crippen molar-refractivity contribution >= 4 is 29.1 Å². The molecule has 0 saturated heterocycles. The highest BCUT2D eigenvalue weighted by atomic mass is 35.5. The number of hydrogen-bond acceptors (Lipinski definition) is 3. The Bertz CT molecular complexity index is 1250. The molecule has 0 saturated carbocycles. The highest BCUT2D eigenvalue weighted by Crippen LogP contribution is 2.49. The van der Waals surface area contributed by atoms with Crippen LogP contribution in [0.5, 0.6) is 0 Å². The normalized spacial score (nSPS) is 19.1. The minimum atomic E-state index is -0.347. The van der Waals surface area contributed by atoms with Crippen molar-refractivity contribution in [2.75, 3.05) is 11.4 Å². The number of anilines is 1. The van der Waals surface area contributed by atoms with Crippen LogP contribution in [0.2, 0.25) is 5.02 Å². The van der Waals surface area contributed by atoms with E-state index in [9.17, 15) is 0 Å². The molecule has 3 aromatic rings. The Morgan fingerprint density at radius 1 is 1.07 bits per heavy atom. The number of rotatable bonds is 2. The molecule has 5 heteroatoms. The second kappa shape index (κ2) is 6.78. The van der Waals surface area contributed by atoms with Gasteiger partial charge in [-0.1, -0.05) is 60.2 Å². The van der Waals surface area contributed by atoms with Crippen LogP contribution >= 0.6 is 11.6 Å². The van der Waals surface area contributed by atoms with E-state index in [2.05, 4.69) is 51.3 Å². The maximum Gasteiger partial charge on any atom is 0.147 e. The second-order valence-electron chi connectivity index (χ2n) is 7.99. The molecule has 1 aromatic heterocycles. The smallest absolute Gasteiger partial charge is 0.147 e. The van der Waals surface area contributed by atoms with Crippen molar-refractivity contribution in [3.63, 3.8) is 0 Å². The first-order chi connectivity index (χ1) is 14.7. The van der Waals surface area contributed by atoms with Crippen molar-refractivity contribution in [1.82, 2.24) is 9.97 Å². The monoisotopic (exact) mass is 415 g/mol. The fourth-order valence-electron chi connectivity index (χ4n) is 5.15. The quantitative estimate of drug-likeness (QED) is 0.529. The zero-order chi connectivity index (χ0) is 20.2. The molecule has 6 rings (SSSR count). The second-order valence-corrected chi connectivity index (χ2v) is 8.40. The summed E-state index contributed by atoms with van der Waals surface area (Å²) in [7, 11) is 0. The van der Waals surface area contributed by atoms with E-state index >= 15 is 4.39 Å². The van der Waals surface area contributed by atoms with Crippen LogP contribution in [0.15, 0.2) is 60.4 Å². The molecule has 30 heavy (non-hydrogen) atoms. The van der Waals surface area contributed by atoms with Gasteiger partial charge in [-0.05, 0) is 41.2 Å². The summed E-state index contributed by atoms with van der Waals surface area (Å²) < 4.78 is 15.3. The molecule has 1 unspecified atom stereocenters. The van der Waals surface area contributed by atoms with E-state index in [-0.39, 0.29) is 16.9 Å². The van der Waals surface area contributed by atoms with Gasteiger partial charge in [-0.2, -0.15) is 0 Å². The first kappa shape index (κ1) is 17.8. The highest BCUT2D eigenvalue weighted by molar-refractivity contribution is 6.30. The third kappa shape index (κ3) is 2.56. The van der Waals surface area contributed by atoms with Crippen LogP contribution in [-0.4, -0.2) is 16.5 Å². The van der Waals surface area contributed by atoms with E-state index in [0.717, 1.165) is 42.9 Å². The van der Waals surface area contributed by atoms with E-state index in [0.29, 0.717) is 5.56 Å². The Morgan fingerprint density at radius 2 is 1.97 bits per heavy atom. The van der Waals surface area contributed by atoms with E-state index < -0.39 is 0 Å². The lowest BCUT2D eigenvalue weighted by Crippen LogP contribution is -2.36. The van der Waals surface area contributed by atoms with Crippen molar-refractivity contribution in [3.8, 4) is 0 Å². The highest BCUT2D eigenvalue weighted by Gasteiger charge is 2.38. The number of benzene rings is 2. The molecule has 2 heterocycles. The van der Waals surface area contributed by atoms with Crippen LogP contribution in [0, 0.1) is 5.82 Å². The summed E-state index contributed by atoms with van der Waals surface area (Å²) in [4.78, 5) is 11.3. The van der Waals surface area contributed by atoms with Crippen LogP contribution in [0.25, 0.3) is 11.6 Å². The fraction of sp³-hybridized carbons (Fsp3) is 0.200. The zero-order valence-corrected chi connectivity index (χ0v) is 17.0. The first-order valence-electron chi connectivity index (χ1n) is 10.2. The summed E-state index contributed by atoms with van der Waals surface area (Å²) in [5.74, 6) is 0.528. The number of hydrogen-bond donors (Lipinski definition) is 0. The minimum Gasteiger partial charge on any atom is -0.345 e. The number of halogens is 2. The number of fused-ring (bicyclic) bond motifs is 3. The van der Waals surface area contributed by atoms with Gasteiger partial charge in [0.05, 0.1) is 16.8 Å². The van der Waals surface area contributed by atoms with Gasteiger partial charge in [-0.15, -0.1) is 0 Å². The Hall–Kier alpha value is -2.98. The van der Waals surface area contributed by atoms with E-state index in [1.54, 1.807) is 12.4 Å². The predicted molar refractivity (Wildman–Crippen MR) is 118 cm³/mol. The van der Waals surface area contributed by atoms with Gasteiger partial charge in [-0.3, -0.25) is 0 Å². The van der Waals surface area contributed by atoms with Crippen molar-refractivity contribution in [1.29, 1.82) is 0 Å². The molecular weight excluding hydrogens is 397 g/mol. The third-order valence-electron chi connectivity index (χ3n) is 6.44. The molecule has 0 radical (unpaired) electrons. The molecule has 2 aliphatic carbocycles. The van der Waals surface area contributed by atoms with E-state index in [1.165, 1.54) is 22.3 Å². The summed E-state index contributed by atoms with van der Waals surface area (Å²) in [6.45, 7) is 0.765. The van der Waals surface area contributed by atoms with Crippen molar-refractivity contribution < 1.29 is 4.39 Å². The summed E-state index contributed by atoms with van der Waals surface area (Å²) in [5.41, 5.74) is 7.88. The maximum atomic E-state index is 15.3. The van der Waals surface area contributed by atoms with Crippen LogP contribution < -0.4 is 4.90 Å². The molecule has 148 valence electrons. The van der Waals surface area contributed by atoms with E-state index in [4.69, 9.17) is 11.6 Å². The van der Waals surface area contributed by atoms with Crippen molar-refractivity contribution in [2.45, 2.75) is 25.3 Å². The molecule has 0 amide bonds. The standard InChI is InChI=1S/C25H19ClFN3/c26-21-9-3-8-19(23(21)27)24-20-13-15-5-1-2-6-16(15)17(20)11-12-30(24)25-18-7-4-10-22(18)28-14-29-25/h1-9,14,24H,10-13H2. The Balaban J connectivity index is 1.56. The van der Waals surface area contributed by atoms with Crippen LogP contribution in [-0.2, 0) is 12.8 Å². The molecule has 0 bridgehead atoms. The van der Waals surface area contributed by atoms with Crippen molar-refractivity contribution in [2.24, 2.45) is 0 Å². The summed E-state index contributed by atoms with van der Waals surface area (Å²) in [5, 5.41) is 0.156. The third-order valence-corrected chi connectivity index (χ3v) is 6.74. The lowest BCUT2D eigenvalue weighted by molar-refractivity contribution is 0.571. The first-order valence-corrected chi connectivity index (χ1v) is 10.6. The Morgan fingerprint density at radius 3 is 2.90 bits per heavy atom. The molecule has 1 aliphatic heterocycles. The minimum absolute atomic E-state index is 0.156. The SMILES string of the molecule is Fc1c(Cl)cccc1C1C2=C(CCN1c1ncnc3c1C=CC3)c1ccccc1C2. The number of aromatic nitrogens is 2. The lowest BCUT2D eigenvalue weighted by Gasteiger charge is -2.39. The lowest BCUT2D eigenvalue weighted by atomic mass is 9.87. The number of allylic oxidation sites excluding steroid dienone is 1. The molecular formula is C25H19ClFN3. The van der Waals surface area contributed by atoms with Crippen LogP contribution in [0.1, 0.15) is 40.4 Å². The summed E-state index contributed by atoms with van der Waals surface area (Å²) in [6.07, 6.45) is 8.37. The van der Waals surface area contributed by atoms with Gasteiger partial charge in [0.15, 0.2) is 0 Å². The average Bonchev–Trinajstić information content (AvgIpc) is 3.39. The van der Waals surface area contributed by atoms with E-state index in [1.807, 2.05) is 12.1 Å². The molecule has 0 spiro atoms. The number of nitrogens with zero attached hydrogens (tertiary/aromatic N) is 3. The fourth-order valence-corrected chi connectivity index (χ4v) is 5.33. The molecule has 3 nitrogen and oxygen atoms in total. The van der Waals surface area contributed by atoms with Crippen LogP contribution in [0.3, 0.4) is 0 Å². The molecule has 0 N–H and O–H groups in total. The molecule has 3 aliphatic rings. The van der Waals surface area contributed by atoms with Gasteiger partial charge >= 0.3 is 0 Å². The molecule has 0 fully saturated rings. The summed E-state index contributed by atoms with van der Waals surface area (Å²) >= 11 is 6.21. The summed E-state index contributed by atoms with van der Waals surface area (Å²) in [6, 6.07) is 13.6. The van der Waals surface area contributed by atoms with Gasteiger partial charge in [0.1, 0.15) is 18.0 Å². The molecule has 1 atom stereocenters. The van der Waals surface area contributed by atoms with Gasteiger partial charge in [0, 0.05) is 24.1 Å². The zero-order valence-electron chi connectivity index (χ0n) is 16.3. The Labute approximate surface area is 179 Å². The predicted octanol–water partition coefficient (Wildman–Crippen LogP) is 5.80. The van der Waals surface area contributed by atoms with Gasteiger partial charge in [0.2, 0.25) is 0 Å². The Kier molecular flexibility index (Phi) is 4.03. The average molecular weight is 416 g/mol. The maximum absolute atomic E-state index is 15.3. The van der Waals surface area contributed by atoms with Gasteiger partial charge in [0.25, 0.3) is 0 Å². The van der Waals surface area contributed by atoms with Crippen molar-refractivity contribution in [3.05, 3.63) is 99.2 Å². The van der Waals surface area contributed by atoms with Gasteiger partial charge < -0.3 is 4.90 Å².